The second-order valence-electron chi connectivity index (χ2n) is 4.82. The fraction of sp³-hybridized carbons (Fsp3) is 0.538. The molecule has 0 amide bonds. The molecule has 0 aliphatic heterocycles. The highest BCUT2D eigenvalue weighted by Gasteiger charge is 2.41. The van der Waals surface area contributed by atoms with E-state index in [0.29, 0.717) is 11.1 Å². The largest absolute Gasteiger partial charge is 0.497 e. The summed E-state index contributed by atoms with van der Waals surface area (Å²) in [4.78, 5) is 0. The van der Waals surface area contributed by atoms with E-state index in [9.17, 15) is 0 Å². The maximum atomic E-state index is 9.00. The molecular formula is C13H20N2O2. The maximum Gasteiger partial charge on any atom is 0.122 e. The number of benzene rings is 1. The molecule has 0 aromatic heterocycles. The summed E-state index contributed by atoms with van der Waals surface area (Å²) in [5.74, 6) is 0.763. The number of nitrogen functional groups attached to an aromatic ring is 1. The number of nitrogens with two attached hydrogens (primary N) is 1. The van der Waals surface area contributed by atoms with Crippen molar-refractivity contribution in [3.8, 4) is 5.75 Å². The van der Waals surface area contributed by atoms with Crippen molar-refractivity contribution in [2.45, 2.75) is 19.3 Å². The van der Waals surface area contributed by atoms with Crippen molar-refractivity contribution < 1.29 is 9.84 Å². The zero-order valence-electron chi connectivity index (χ0n) is 10.2. The van der Waals surface area contributed by atoms with E-state index in [2.05, 4.69) is 5.32 Å². The van der Waals surface area contributed by atoms with Crippen molar-refractivity contribution in [2.75, 3.05) is 31.3 Å². The number of ether oxygens (including phenoxy) is 1. The smallest absolute Gasteiger partial charge is 0.122 e. The summed E-state index contributed by atoms with van der Waals surface area (Å²) in [7, 11) is 1.63. The fourth-order valence-corrected chi connectivity index (χ4v) is 2.06. The number of hydrogen-bond donors (Lipinski definition) is 3. The van der Waals surface area contributed by atoms with Crippen LogP contribution >= 0.6 is 0 Å². The van der Waals surface area contributed by atoms with Gasteiger partial charge in [-0.15, -0.1) is 0 Å². The van der Waals surface area contributed by atoms with Gasteiger partial charge in [-0.25, -0.2) is 0 Å². The number of aliphatic hydroxyl groups excluding tert-OH is 1. The Bertz CT molecular complexity index is 389. The second kappa shape index (κ2) is 4.84. The van der Waals surface area contributed by atoms with E-state index in [-0.39, 0.29) is 6.61 Å². The Morgan fingerprint density at radius 3 is 2.76 bits per heavy atom. The van der Waals surface area contributed by atoms with Crippen LogP contribution in [0.3, 0.4) is 0 Å². The first-order valence-corrected chi connectivity index (χ1v) is 5.97. The lowest BCUT2D eigenvalue weighted by Crippen LogP contribution is -2.16. The molecule has 0 saturated heterocycles. The van der Waals surface area contributed by atoms with Crippen LogP contribution in [0.4, 0.5) is 11.4 Å². The monoisotopic (exact) mass is 236 g/mol. The van der Waals surface area contributed by atoms with Gasteiger partial charge in [-0.3, -0.25) is 0 Å². The lowest BCUT2D eigenvalue weighted by molar-refractivity contribution is 0.253. The second-order valence-corrected chi connectivity index (χ2v) is 4.82. The minimum absolute atomic E-state index is 0.266. The van der Waals surface area contributed by atoms with Crippen LogP contribution in [-0.4, -0.2) is 25.4 Å². The molecule has 4 heteroatoms. The van der Waals surface area contributed by atoms with Crippen LogP contribution in [0.15, 0.2) is 18.2 Å². The van der Waals surface area contributed by atoms with E-state index in [1.165, 1.54) is 12.8 Å². The van der Waals surface area contributed by atoms with Crippen molar-refractivity contribution >= 4 is 11.4 Å². The molecule has 1 saturated carbocycles. The van der Waals surface area contributed by atoms with Gasteiger partial charge in [0.15, 0.2) is 0 Å². The zero-order valence-corrected chi connectivity index (χ0v) is 10.2. The van der Waals surface area contributed by atoms with E-state index >= 15 is 0 Å². The molecule has 0 spiro atoms. The van der Waals surface area contributed by atoms with E-state index in [4.69, 9.17) is 15.6 Å². The third-order valence-electron chi connectivity index (χ3n) is 3.43. The van der Waals surface area contributed by atoms with Crippen LogP contribution < -0.4 is 15.8 Å². The van der Waals surface area contributed by atoms with E-state index in [1.807, 2.05) is 12.1 Å². The van der Waals surface area contributed by atoms with Crippen molar-refractivity contribution in [1.29, 1.82) is 0 Å². The summed E-state index contributed by atoms with van der Waals surface area (Å²) < 4.78 is 5.17. The molecule has 0 atom stereocenters. The quantitative estimate of drug-likeness (QED) is 0.659. The number of rotatable bonds is 6. The number of hydrogen-bond acceptors (Lipinski definition) is 4. The van der Waals surface area contributed by atoms with Gasteiger partial charge >= 0.3 is 0 Å². The van der Waals surface area contributed by atoms with Gasteiger partial charge in [0.25, 0.3) is 0 Å². The van der Waals surface area contributed by atoms with Gasteiger partial charge in [0, 0.05) is 36.7 Å². The van der Waals surface area contributed by atoms with Gasteiger partial charge in [-0.05, 0) is 30.7 Å². The zero-order chi connectivity index (χ0) is 12.3. The molecular weight excluding hydrogens is 216 g/mol. The standard InChI is InChI=1S/C13H20N2O2/c1-17-12-7-10(14)6-11(8-12)15-9-13(2-3-13)4-5-16/h6-8,15-16H,2-5,9,14H2,1H3. The molecule has 4 nitrogen and oxygen atoms in total. The number of anilines is 2. The highest BCUT2D eigenvalue weighted by atomic mass is 16.5. The summed E-state index contributed by atoms with van der Waals surface area (Å²) in [6.45, 7) is 1.15. The molecule has 0 radical (unpaired) electrons. The Hall–Kier alpha value is -1.42. The van der Waals surface area contributed by atoms with Gasteiger partial charge in [0.1, 0.15) is 5.75 Å². The van der Waals surface area contributed by atoms with Gasteiger partial charge in [0.05, 0.1) is 7.11 Å². The molecule has 1 fully saturated rings. The summed E-state index contributed by atoms with van der Waals surface area (Å²) in [6, 6.07) is 5.63. The van der Waals surface area contributed by atoms with Crippen molar-refractivity contribution in [2.24, 2.45) is 5.41 Å². The number of methoxy groups -OCH3 is 1. The van der Waals surface area contributed by atoms with Crippen LogP contribution in [0.1, 0.15) is 19.3 Å². The van der Waals surface area contributed by atoms with Crippen LogP contribution in [-0.2, 0) is 0 Å². The average molecular weight is 236 g/mol. The molecule has 4 N–H and O–H groups in total. The molecule has 94 valence electrons. The molecule has 2 rings (SSSR count). The van der Waals surface area contributed by atoms with Crippen LogP contribution in [0, 0.1) is 5.41 Å². The Morgan fingerprint density at radius 2 is 2.18 bits per heavy atom. The SMILES string of the molecule is COc1cc(N)cc(NCC2(CCO)CC2)c1. The molecule has 0 bridgehead atoms. The molecule has 17 heavy (non-hydrogen) atoms. The first-order chi connectivity index (χ1) is 8.17. The van der Waals surface area contributed by atoms with Gasteiger partial charge in [-0.1, -0.05) is 0 Å². The highest BCUT2D eigenvalue weighted by molar-refractivity contribution is 5.59. The first-order valence-electron chi connectivity index (χ1n) is 5.97. The summed E-state index contributed by atoms with van der Waals surface area (Å²) >= 11 is 0. The van der Waals surface area contributed by atoms with Gasteiger partial charge in [-0.2, -0.15) is 0 Å². The van der Waals surface area contributed by atoms with Crippen LogP contribution in [0.25, 0.3) is 0 Å². The minimum atomic E-state index is 0.266. The molecule has 0 heterocycles. The van der Waals surface area contributed by atoms with E-state index in [1.54, 1.807) is 13.2 Å². The minimum Gasteiger partial charge on any atom is -0.497 e. The van der Waals surface area contributed by atoms with Gasteiger partial charge < -0.3 is 20.9 Å². The summed E-state index contributed by atoms with van der Waals surface area (Å²) in [5.41, 5.74) is 7.76. The lowest BCUT2D eigenvalue weighted by Gasteiger charge is -2.16. The average Bonchev–Trinajstić information content (AvgIpc) is 3.07. The summed E-state index contributed by atoms with van der Waals surface area (Å²) in [6.07, 6.45) is 3.26. The molecule has 0 unspecified atom stereocenters. The van der Waals surface area contributed by atoms with E-state index in [0.717, 1.165) is 24.4 Å². The molecule has 1 aromatic carbocycles. The third kappa shape index (κ3) is 3.03. The highest BCUT2D eigenvalue weighted by Crippen LogP contribution is 2.48. The van der Waals surface area contributed by atoms with Gasteiger partial charge in [0.2, 0.25) is 0 Å². The normalized spacial score (nSPS) is 16.6. The van der Waals surface area contributed by atoms with Crippen LogP contribution in [0.2, 0.25) is 0 Å². The number of nitrogens with one attached hydrogen (secondary N) is 1. The van der Waals surface area contributed by atoms with E-state index < -0.39 is 0 Å². The fourth-order valence-electron chi connectivity index (χ4n) is 2.06. The van der Waals surface area contributed by atoms with Crippen molar-refractivity contribution in [3.63, 3.8) is 0 Å². The topological polar surface area (TPSA) is 67.5 Å². The van der Waals surface area contributed by atoms with Crippen molar-refractivity contribution in [1.82, 2.24) is 0 Å². The van der Waals surface area contributed by atoms with Crippen LogP contribution in [0.5, 0.6) is 5.75 Å². The Morgan fingerprint density at radius 1 is 1.41 bits per heavy atom. The Kier molecular flexibility index (Phi) is 3.43. The molecule has 1 aliphatic rings. The first kappa shape index (κ1) is 12.0. The Balaban J connectivity index is 1.97. The molecule has 1 aromatic rings. The summed E-state index contributed by atoms with van der Waals surface area (Å²) in [5, 5.41) is 12.4. The third-order valence-corrected chi connectivity index (χ3v) is 3.43. The lowest BCUT2D eigenvalue weighted by atomic mass is 10.0. The predicted molar refractivity (Wildman–Crippen MR) is 69.3 cm³/mol. The predicted octanol–water partition coefficient (Wildman–Crippen LogP) is 1.85. The number of aliphatic hydroxyl groups is 1. The molecule has 1 aliphatic carbocycles. The Labute approximate surface area is 102 Å². The maximum absolute atomic E-state index is 9.00. The van der Waals surface area contributed by atoms with Crippen molar-refractivity contribution in [3.05, 3.63) is 18.2 Å².